The number of hydrogen-bond acceptors (Lipinski definition) is 6. The average Bonchev–Trinajstić information content (AvgIpc) is 3.04. The Morgan fingerprint density at radius 2 is 2.09 bits per heavy atom. The highest BCUT2D eigenvalue weighted by Crippen LogP contribution is 2.22. The third-order valence-electron chi connectivity index (χ3n) is 2.98. The first-order chi connectivity index (χ1) is 11.2. The fourth-order valence-corrected chi connectivity index (χ4v) is 3.06. The number of amides is 1. The minimum atomic E-state index is -0.223. The number of anilines is 3. The van der Waals surface area contributed by atoms with Crippen molar-refractivity contribution < 1.29 is 4.79 Å². The van der Waals surface area contributed by atoms with E-state index in [-0.39, 0.29) is 5.91 Å². The lowest BCUT2D eigenvalue weighted by Gasteiger charge is -2.04. The molecule has 2 N–H and O–H groups in total. The number of nitrogens with zero attached hydrogens (tertiary/aromatic N) is 2. The van der Waals surface area contributed by atoms with Gasteiger partial charge in [-0.25, -0.2) is 4.98 Å². The van der Waals surface area contributed by atoms with E-state index < -0.39 is 0 Å². The van der Waals surface area contributed by atoms with Crippen LogP contribution in [0.15, 0.2) is 59.1 Å². The van der Waals surface area contributed by atoms with Gasteiger partial charge in [-0.3, -0.25) is 9.78 Å². The Balaban J connectivity index is 1.68. The first-order valence-electron chi connectivity index (χ1n) is 6.82. The summed E-state index contributed by atoms with van der Waals surface area (Å²) in [6.07, 6.45) is 5.40. The second-order valence-electron chi connectivity index (χ2n) is 4.59. The number of thiazole rings is 1. The van der Waals surface area contributed by atoms with Gasteiger partial charge in [-0.05, 0) is 36.6 Å². The number of benzene rings is 1. The van der Waals surface area contributed by atoms with Gasteiger partial charge in [-0.1, -0.05) is 6.07 Å². The van der Waals surface area contributed by atoms with Gasteiger partial charge >= 0.3 is 0 Å². The Hall–Kier alpha value is -2.38. The lowest BCUT2D eigenvalue weighted by atomic mass is 10.3. The van der Waals surface area contributed by atoms with Crippen molar-refractivity contribution in [3.05, 3.63) is 59.9 Å². The van der Waals surface area contributed by atoms with E-state index >= 15 is 0 Å². The topological polar surface area (TPSA) is 66.9 Å². The highest BCUT2D eigenvalue weighted by atomic mass is 32.2. The summed E-state index contributed by atoms with van der Waals surface area (Å²) >= 11 is 3.01. The molecule has 7 heteroatoms. The highest BCUT2D eigenvalue weighted by Gasteiger charge is 2.11. The van der Waals surface area contributed by atoms with Crippen LogP contribution in [0.25, 0.3) is 0 Å². The smallest absolute Gasteiger partial charge is 0.275 e. The van der Waals surface area contributed by atoms with Crippen molar-refractivity contribution >= 4 is 45.5 Å². The summed E-state index contributed by atoms with van der Waals surface area (Å²) in [5, 5.41) is 8.37. The summed E-state index contributed by atoms with van der Waals surface area (Å²) in [5.41, 5.74) is 1.98. The number of nitrogens with one attached hydrogen (secondary N) is 2. The van der Waals surface area contributed by atoms with E-state index in [1.165, 1.54) is 11.3 Å². The van der Waals surface area contributed by atoms with Crippen molar-refractivity contribution in [3.63, 3.8) is 0 Å². The summed E-state index contributed by atoms with van der Waals surface area (Å²) in [6.45, 7) is 0. The van der Waals surface area contributed by atoms with Gasteiger partial charge in [0.1, 0.15) is 5.69 Å². The van der Waals surface area contributed by atoms with Crippen LogP contribution in [0.5, 0.6) is 0 Å². The van der Waals surface area contributed by atoms with Crippen LogP contribution in [0, 0.1) is 0 Å². The number of carbonyl (C=O) groups excluding carboxylic acids is 1. The molecule has 0 unspecified atom stereocenters. The Morgan fingerprint density at radius 1 is 1.22 bits per heavy atom. The van der Waals surface area contributed by atoms with Crippen molar-refractivity contribution in [2.24, 2.45) is 0 Å². The predicted molar refractivity (Wildman–Crippen MR) is 95.8 cm³/mol. The molecule has 1 amide bonds. The largest absolute Gasteiger partial charge is 0.330 e. The van der Waals surface area contributed by atoms with Crippen molar-refractivity contribution in [1.82, 2.24) is 9.97 Å². The van der Waals surface area contributed by atoms with E-state index in [0.29, 0.717) is 10.8 Å². The summed E-state index contributed by atoms with van der Waals surface area (Å²) in [7, 11) is 0. The normalized spacial score (nSPS) is 10.3. The van der Waals surface area contributed by atoms with Gasteiger partial charge in [0.2, 0.25) is 0 Å². The molecule has 23 heavy (non-hydrogen) atoms. The molecular weight excluding hydrogens is 328 g/mol. The zero-order chi connectivity index (χ0) is 16.1. The Bertz CT molecular complexity index is 805. The molecule has 0 saturated carbocycles. The highest BCUT2D eigenvalue weighted by molar-refractivity contribution is 7.98. The van der Waals surface area contributed by atoms with Crippen LogP contribution in [-0.4, -0.2) is 22.1 Å². The third-order valence-corrected chi connectivity index (χ3v) is 4.46. The maximum atomic E-state index is 12.3. The fourth-order valence-electron chi connectivity index (χ4n) is 1.89. The number of carbonyl (C=O) groups is 1. The van der Waals surface area contributed by atoms with Crippen LogP contribution in [0.2, 0.25) is 0 Å². The van der Waals surface area contributed by atoms with Gasteiger partial charge in [0.25, 0.3) is 5.91 Å². The predicted octanol–water partition coefficient (Wildman–Crippen LogP) is 4.26. The molecule has 0 bridgehead atoms. The summed E-state index contributed by atoms with van der Waals surface area (Å²) in [4.78, 5) is 21.7. The molecule has 2 heterocycles. The number of aromatic nitrogens is 2. The fraction of sp³-hybridized carbons (Fsp3) is 0.0625. The Kier molecular flexibility index (Phi) is 4.89. The molecule has 116 valence electrons. The molecule has 0 aliphatic carbocycles. The van der Waals surface area contributed by atoms with E-state index in [1.54, 1.807) is 29.5 Å². The van der Waals surface area contributed by atoms with Crippen molar-refractivity contribution in [2.75, 3.05) is 16.9 Å². The number of pyridine rings is 1. The molecule has 0 spiro atoms. The molecule has 0 fully saturated rings. The number of thioether (sulfide) groups is 1. The number of hydrogen-bond donors (Lipinski definition) is 2. The van der Waals surface area contributed by atoms with E-state index in [4.69, 9.17) is 0 Å². The van der Waals surface area contributed by atoms with Gasteiger partial charge < -0.3 is 10.6 Å². The number of rotatable bonds is 5. The molecule has 3 aromatic rings. The molecule has 0 radical (unpaired) electrons. The SMILES string of the molecule is CSc1cccc(NC(=O)c2csc(Nc3cccnc3)n2)c1. The van der Waals surface area contributed by atoms with Gasteiger partial charge in [0, 0.05) is 22.2 Å². The minimum Gasteiger partial charge on any atom is -0.330 e. The van der Waals surface area contributed by atoms with Crippen LogP contribution < -0.4 is 10.6 Å². The lowest BCUT2D eigenvalue weighted by Crippen LogP contribution is -2.12. The second-order valence-corrected chi connectivity index (χ2v) is 6.33. The van der Waals surface area contributed by atoms with Crippen LogP contribution in [0.3, 0.4) is 0 Å². The second kappa shape index (κ2) is 7.26. The van der Waals surface area contributed by atoms with Gasteiger partial charge in [0.15, 0.2) is 5.13 Å². The Labute approximate surface area is 142 Å². The van der Waals surface area contributed by atoms with E-state index in [9.17, 15) is 4.79 Å². The first kappa shape index (κ1) is 15.5. The molecular formula is C16H14N4OS2. The van der Waals surface area contributed by atoms with Crippen molar-refractivity contribution in [2.45, 2.75) is 4.90 Å². The maximum absolute atomic E-state index is 12.3. The minimum absolute atomic E-state index is 0.223. The monoisotopic (exact) mass is 342 g/mol. The molecule has 3 rings (SSSR count). The van der Waals surface area contributed by atoms with Crippen LogP contribution in [0.4, 0.5) is 16.5 Å². The summed E-state index contributed by atoms with van der Waals surface area (Å²) in [5.74, 6) is -0.223. The average molecular weight is 342 g/mol. The quantitative estimate of drug-likeness (QED) is 0.678. The molecule has 2 aromatic heterocycles. The molecule has 1 aromatic carbocycles. The molecule has 0 saturated heterocycles. The van der Waals surface area contributed by atoms with Gasteiger partial charge in [-0.15, -0.1) is 23.1 Å². The van der Waals surface area contributed by atoms with Crippen LogP contribution in [0.1, 0.15) is 10.5 Å². The maximum Gasteiger partial charge on any atom is 0.275 e. The summed E-state index contributed by atoms with van der Waals surface area (Å²) in [6, 6.07) is 11.4. The standard InChI is InChI=1S/C16H14N4OS2/c1-22-13-6-2-4-11(8-13)18-15(21)14-10-23-16(20-14)19-12-5-3-7-17-9-12/h2-10H,1H3,(H,18,21)(H,19,20). The molecule has 5 nitrogen and oxygen atoms in total. The van der Waals surface area contributed by atoms with Crippen LogP contribution >= 0.6 is 23.1 Å². The van der Waals surface area contributed by atoms with E-state index in [0.717, 1.165) is 16.3 Å². The van der Waals surface area contributed by atoms with Crippen LogP contribution in [-0.2, 0) is 0 Å². The zero-order valence-corrected chi connectivity index (χ0v) is 13.9. The Morgan fingerprint density at radius 3 is 2.87 bits per heavy atom. The van der Waals surface area contributed by atoms with E-state index in [2.05, 4.69) is 20.6 Å². The van der Waals surface area contributed by atoms with Crippen molar-refractivity contribution in [1.29, 1.82) is 0 Å². The lowest BCUT2D eigenvalue weighted by molar-refractivity contribution is 0.102. The molecule has 0 atom stereocenters. The third kappa shape index (κ3) is 4.08. The molecule has 0 aliphatic rings. The zero-order valence-electron chi connectivity index (χ0n) is 12.3. The van der Waals surface area contributed by atoms with E-state index in [1.807, 2.05) is 42.7 Å². The molecule has 0 aliphatic heterocycles. The first-order valence-corrected chi connectivity index (χ1v) is 8.93. The van der Waals surface area contributed by atoms with Crippen molar-refractivity contribution in [3.8, 4) is 0 Å². The van der Waals surface area contributed by atoms with Gasteiger partial charge in [-0.2, -0.15) is 0 Å². The summed E-state index contributed by atoms with van der Waals surface area (Å²) < 4.78 is 0. The van der Waals surface area contributed by atoms with Gasteiger partial charge in [0.05, 0.1) is 11.9 Å².